The maximum atomic E-state index is 5.51. The lowest BCUT2D eigenvalue weighted by atomic mass is 10.2. The van der Waals surface area contributed by atoms with Crippen LogP contribution in [0.3, 0.4) is 0 Å². The van der Waals surface area contributed by atoms with Crippen molar-refractivity contribution in [1.82, 2.24) is 30.0 Å². The lowest BCUT2D eigenvalue weighted by Gasteiger charge is -2.12. The van der Waals surface area contributed by atoms with Crippen LogP contribution in [-0.2, 0) is 14.1 Å². The van der Waals surface area contributed by atoms with Gasteiger partial charge >= 0.3 is 0 Å². The van der Waals surface area contributed by atoms with Crippen LogP contribution < -0.4 is 11.3 Å². The summed E-state index contributed by atoms with van der Waals surface area (Å²) in [6, 6.07) is -0.189. The minimum absolute atomic E-state index is 0.189. The number of hydrogen-bond acceptors (Lipinski definition) is 5. The molecule has 0 aliphatic rings. The van der Waals surface area contributed by atoms with Gasteiger partial charge in [0, 0.05) is 20.3 Å². The molecule has 0 aliphatic heterocycles. The topological polar surface area (TPSA) is 86.6 Å². The summed E-state index contributed by atoms with van der Waals surface area (Å²) in [6.45, 7) is 0. The average Bonchev–Trinajstić information content (AvgIpc) is 2.79. The van der Waals surface area contributed by atoms with Crippen LogP contribution in [0.15, 0.2) is 18.7 Å². The molecule has 0 bridgehead atoms. The van der Waals surface area contributed by atoms with Gasteiger partial charge in [0.1, 0.15) is 6.04 Å². The van der Waals surface area contributed by atoms with E-state index in [4.69, 9.17) is 5.84 Å². The molecule has 0 amide bonds. The lowest BCUT2D eigenvalue weighted by molar-refractivity contribution is 0.561. The fourth-order valence-corrected chi connectivity index (χ4v) is 1.46. The summed E-state index contributed by atoms with van der Waals surface area (Å²) >= 11 is 0. The number of imidazole rings is 1. The Balaban J connectivity index is 2.36. The van der Waals surface area contributed by atoms with Crippen LogP contribution in [-0.4, -0.2) is 24.5 Å². The van der Waals surface area contributed by atoms with Gasteiger partial charge in [0.05, 0.1) is 23.9 Å². The first kappa shape index (κ1) is 9.81. The molecule has 0 aromatic carbocycles. The molecule has 2 aromatic rings. The number of nitrogens with zero attached hydrogens (tertiary/aromatic N) is 5. The van der Waals surface area contributed by atoms with Gasteiger partial charge in [-0.1, -0.05) is 5.21 Å². The summed E-state index contributed by atoms with van der Waals surface area (Å²) in [6.07, 6.45) is 5.29. The first-order chi connectivity index (χ1) is 7.22. The van der Waals surface area contributed by atoms with E-state index in [0.29, 0.717) is 0 Å². The minimum Gasteiger partial charge on any atom is -0.340 e. The molecule has 2 aromatic heterocycles. The Bertz CT molecular complexity index is 443. The summed E-state index contributed by atoms with van der Waals surface area (Å²) in [7, 11) is 3.72. The Morgan fingerprint density at radius 2 is 2.27 bits per heavy atom. The highest BCUT2D eigenvalue weighted by atomic mass is 15.4. The van der Waals surface area contributed by atoms with E-state index < -0.39 is 0 Å². The van der Waals surface area contributed by atoms with Gasteiger partial charge in [-0.25, -0.2) is 10.4 Å². The van der Waals surface area contributed by atoms with Gasteiger partial charge in [-0.3, -0.25) is 10.5 Å². The average molecular weight is 207 g/mol. The van der Waals surface area contributed by atoms with Crippen molar-refractivity contribution >= 4 is 0 Å². The highest BCUT2D eigenvalue weighted by Gasteiger charge is 2.18. The molecule has 15 heavy (non-hydrogen) atoms. The van der Waals surface area contributed by atoms with Crippen molar-refractivity contribution in [1.29, 1.82) is 0 Å². The molecule has 2 rings (SSSR count). The SMILES string of the molecule is Cn1cnc(C(NN)c2cnnn2C)c1. The maximum Gasteiger partial charge on any atom is 0.108 e. The molecule has 80 valence electrons. The maximum absolute atomic E-state index is 5.51. The van der Waals surface area contributed by atoms with Crippen LogP contribution in [0, 0.1) is 0 Å². The molecule has 3 N–H and O–H groups in total. The molecule has 7 nitrogen and oxygen atoms in total. The van der Waals surface area contributed by atoms with Crippen LogP contribution in [0.5, 0.6) is 0 Å². The van der Waals surface area contributed by atoms with Gasteiger partial charge in [0.2, 0.25) is 0 Å². The Kier molecular flexibility index (Phi) is 2.48. The Labute approximate surface area is 86.9 Å². The van der Waals surface area contributed by atoms with E-state index in [-0.39, 0.29) is 6.04 Å². The predicted molar refractivity (Wildman–Crippen MR) is 53.4 cm³/mol. The second-order valence-corrected chi connectivity index (χ2v) is 3.35. The van der Waals surface area contributed by atoms with Gasteiger partial charge in [-0.05, 0) is 0 Å². The molecule has 0 aliphatic carbocycles. The van der Waals surface area contributed by atoms with Crippen LogP contribution >= 0.6 is 0 Å². The molecule has 0 saturated carbocycles. The number of nitrogens with two attached hydrogens (primary N) is 1. The first-order valence-corrected chi connectivity index (χ1v) is 4.51. The Morgan fingerprint density at radius 3 is 2.73 bits per heavy atom. The van der Waals surface area contributed by atoms with Gasteiger partial charge in [0.25, 0.3) is 0 Å². The summed E-state index contributed by atoms with van der Waals surface area (Å²) in [5.74, 6) is 5.51. The van der Waals surface area contributed by atoms with Gasteiger partial charge in [-0.2, -0.15) is 0 Å². The molecule has 1 atom stereocenters. The predicted octanol–water partition coefficient (Wildman–Crippen LogP) is -0.899. The number of aryl methyl sites for hydroxylation is 2. The van der Waals surface area contributed by atoms with Crippen LogP contribution in [0.1, 0.15) is 17.4 Å². The van der Waals surface area contributed by atoms with E-state index in [1.54, 1.807) is 17.2 Å². The number of hydrogen-bond donors (Lipinski definition) is 2. The van der Waals surface area contributed by atoms with E-state index in [1.165, 1.54) is 0 Å². The number of rotatable bonds is 3. The van der Waals surface area contributed by atoms with Crippen molar-refractivity contribution in [2.45, 2.75) is 6.04 Å². The molecule has 0 saturated heterocycles. The summed E-state index contributed by atoms with van der Waals surface area (Å²) in [5.41, 5.74) is 4.41. The van der Waals surface area contributed by atoms with Gasteiger partial charge in [0.15, 0.2) is 0 Å². The van der Waals surface area contributed by atoms with Gasteiger partial charge < -0.3 is 4.57 Å². The molecular weight excluding hydrogens is 194 g/mol. The Morgan fingerprint density at radius 1 is 1.47 bits per heavy atom. The van der Waals surface area contributed by atoms with Gasteiger partial charge in [-0.15, -0.1) is 5.10 Å². The van der Waals surface area contributed by atoms with E-state index in [0.717, 1.165) is 11.4 Å². The fraction of sp³-hybridized carbons (Fsp3) is 0.375. The smallest absolute Gasteiger partial charge is 0.108 e. The second kappa shape index (κ2) is 3.79. The molecule has 7 heteroatoms. The van der Waals surface area contributed by atoms with E-state index >= 15 is 0 Å². The third-order valence-corrected chi connectivity index (χ3v) is 2.23. The van der Waals surface area contributed by atoms with E-state index in [9.17, 15) is 0 Å². The largest absolute Gasteiger partial charge is 0.340 e. The number of hydrazine groups is 1. The molecule has 0 spiro atoms. The van der Waals surface area contributed by atoms with Crippen molar-refractivity contribution in [3.05, 3.63) is 30.1 Å². The lowest BCUT2D eigenvalue weighted by Crippen LogP contribution is -2.30. The zero-order chi connectivity index (χ0) is 10.8. The minimum atomic E-state index is -0.189. The van der Waals surface area contributed by atoms with Crippen LogP contribution in [0.4, 0.5) is 0 Å². The van der Waals surface area contributed by atoms with Crippen molar-refractivity contribution in [2.75, 3.05) is 0 Å². The van der Waals surface area contributed by atoms with Crippen molar-refractivity contribution in [3.63, 3.8) is 0 Å². The summed E-state index contributed by atoms with van der Waals surface area (Å²) in [4.78, 5) is 4.24. The van der Waals surface area contributed by atoms with Crippen LogP contribution in [0.25, 0.3) is 0 Å². The van der Waals surface area contributed by atoms with Crippen molar-refractivity contribution < 1.29 is 0 Å². The zero-order valence-corrected chi connectivity index (χ0v) is 8.62. The van der Waals surface area contributed by atoms with E-state index in [2.05, 4.69) is 20.7 Å². The summed E-state index contributed by atoms with van der Waals surface area (Å²) in [5, 5.41) is 7.66. The van der Waals surface area contributed by atoms with Crippen molar-refractivity contribution in [3.8, 4) is 0 Å². The molecular formula is C8H13N7. The van der Waals surface area contributed by atoms with E-state index in [1.807, 2.05) is 24.9 Å². The molecule has 0 radical (unpaired) electrons. The fourth-order valence-electron chi connectivity index (χ4n) is 1.46. The first-order valence-electron chi connectivity index (χ1n) is 4.51. The van der Waals surface area contributed by atoms with Crippen LogP contribution in [0.2, 0.25) is 0 Å². The van der Waals surface area contributed by atoms with Crippen molar-refractivity contribution in [2.24, 2.45) is 19.9 Å². The third kappa shape index (κ3) is 1.74. The highest BCUT2D eigenvalue weighted by Crippen LogP contribution is 2.17. The number of nitrogens with one attached hydrogen (secondary N) is 1. The molecule has 1 unspecified atom stereocenters. The molecule has 0 fully saturated rings. The quantitative estimate of drug-likeness (QED) is 0.503. The number of aromatic nitrogens is 5. The normalized spacial score (nSPS) is 13.0. The molecule has 2 heterocycles. The standard InChI is InChI=1S/C8H13N7/c1-14-4-6(10-5-14)8(12-9)7-3-11-13-15(7)2/h3-5,8,12H,9H2,1-2H3. The monoisotopic (exact) mass is 207 g/mol. The Hall–Kier alpha value is -1.73. The zero-order valence-electron chi connectivity index (χ0n) is 8.62. The second-order valence-electron chi connectivity index (χ2n) is 3.35. The third-order valence-electron chi connectivity index (χ3n) is 2.23. The summed E-state index contributed by atoms with van der Waals surface area (Å²) < 4.78 is 3.53. The highest BCUT2D eigenvalue weighted by molar-refractivity contribution is 5.17.